The highest BCUT2D eigenvalue weighted by Gasteiger charge is 2.44. The maximum Gasteiger partial charge on any atom is 0.416 e. The molecule has 2 heterocycles. The van der Waals surface area contributed by atoms with Gasteiger partial charge in [0.15, 0.2) is 0 Å². The van der Waals surface area contributed by atoms with Crippen LogP contribution in [-0.2, 0) is 29.2 Å². The lowest BCUT2D eigenvalue weighted by Crippen LogP contribution is -2.49. The van der Waals surface area contributed by atoms with Crippen molar-refractivity contribution in [1.29, 1.82) is 0 Å². The number of fused-ring (bicyclic) bond motifs is 1. The van der Waals surface area contributed by atoms with E-state index in [2.05, 4.69) is 0 Å². The van der Waals surface area contributed by atoms with Gasteiger partial charge in [0.05, 0.1) is 22.8 Å². The van der Waals surface area contributed by atoms with E-state index in [1.54, 1.807) is 31.5 Å². The summed E-state index contributed by atoms with van der Waals surface area (Å²) in [6.45, 7) is 3.29. The summed E-state index contributed by atoms with van der Waals surface area (Å²) in [6, 6.07) is 7.02. The molecule has 1 fully saturated rings. The smallest absolute Gasteiger partial charge is 0.416 e. The zero-order valence-electron chi connectivity index (χ0n) is 21.0. The van der Waals surface area contributed by atoms with Crippen molar-refractivity contribution in [3.8, 4) is 0 Å². The van der Waals surface area contributed by atoms with Gasteiger partial charge < -0.3 is 14.2 Å². The zero-order valence-corrected chi connectivity index (χ0v) is 22.5. The quantitative estimate of drug-likeness (QED) is 0.246. The zero-order chi connectivity index (χ0) is 28.0. The molecule has 3 aromatic rings. The number of esters is 1. The fourth-order valence-electron chi connectivity index (χ4n) is 4.80. The van der Waals surface area contributed by atoms with Gasteiger partial charge in [-0.1, -0.05) is 23.2 Å². The van der Waals surface area contributed by atoms with Gasteiger partial charge in [0, 0.05) is 61.0 Å². The van der Waals surface area contributed by atoms with Gasteiger partial charge in [-0.15, -0.1) is 0 Å². The van der Waals surface area contributed by atoms with Crippen LogP contribution in [0.25, 0.3) is 10.9 Å². The van der Waals surface area contributed by atoms with Crippen molar-refractivity contribution in [3.63, 3.8) is 0 Å². The first-order valence-corrected chi connectivity index (χ1v) is 12.8. The van der Waals surface area contributed by atoms with E-state index < -0.39 is 29.3 Å². The number of carbonyl (C=O) groups excluding carboxylic acids is 2. The van der Waals surface area contributed by atoms with Crippen LogP contribution in [0.2, 0.25) is 10.0 Å². The second-order valence-corrected chi connectivity index (χ2v) is 10.2. The first kappa shape index (κ1) is 28.2. The molecule has 5 nitrogen and oxygen atoms in total. The number of hydrogen-bond acceptors (Lipinski definition) is 3. The molecule has 0 atom stereocenters. The van der Waals surface area contributed by atoms with E-state index >= 15 is 0 Å². The molecule has 0 aliphatic carbocycles. The van der Waals surface area contributed by atoms with Gasteiger partial charge in [0.25, 0.3) is 5.91 Å². The van der Waals surface area contributed by atoms with Gasteiger partial charge >= 0.3 is 12.1 Å². The predicted octanol–water partition coefficient (Wildman–Crippen LogP) is 6.91. The summed E-state index contributed by atoms with van der Waals surface area (Å²) in [5, 5.41) is 1.08. The van der Waals surface area contributed by atoms with Crippen molar-refractivity contribution < 1.29 is 31.9 Å². The molecule has 0 N–H and O–H groups in total. The molecule has 1 aliphatic rings. The highest BCUT2D eigenvalue weighted by atomic mass is 35.5. The maximum absolute atomic E-state index is 15.0. The summed E-state index contributed by atoms with van der Waals surface area (Å²) < 4.78 is 61.5. The lowest BCUT2D eigenvalue weighted by molar-refractivity contribution is -0.160. The molecule has 0 saturated carbocycles. The molecule has 204 valence electrons. The first-order valence-electron chi connectivity index (χ1n) is 12.0. The number of ether oxygens (including phenoxy) is 1. The average Bonchev–Trinajstić information content (AvgIpc) is 3.17. The number of nitrogens with zero attached hydrogens (tertiary/aromatic N) is 2. The molecule has 1 saturated heterocycles. The summed E-state index contributed by atoms with van der Waals surface area (Å²) >= 11 is 13.1. The number of rotatable bonds is 5. The van der Waals surface area contributed by atoms with Crippen LogP contribution in [0.3, 0.4) is 0 Å². The van der Waals surface area contributed by atoms with Crippen molar-refractivity contribution >= 4 is 46.0 Å². The molecule has 0 radical (unpaired) electrons. The summed E-state index contributed by atoms with van der Waals surface area (Å²) in [5.41, 5.74) is -0.706. The van der Waals surface area contributed by atoms with E-state index in [-0.39, 0.29) is 49.5 Å². The number of piperidine rings is 1. The summed E-state index contributed by atoms with van der Waals surface area (Å²) in [7, 11) is 1.66. The third kappa shape index (κ3) is 5.23. The molecular formula is C27H26Cl2F4N2O3. The fourth-order valence-corrected chi connectivity index (χ4v) is 5.39. The molecule has 38 heavy (non-hydrogen) atoms. The van der Waals surface area contributed by atoms with E-state index in [1.165, 1.54) is 17.0 Å². The number of likely N-dealkylation sites (tertiary alicyclic amines) is 1. The number of halogens is 6. The van der Waals surface area contributed by atoms with Crippen LogP contribution in [-0.4, -0.2) is 46.7 Å². The first-order chi connectivity index (χ1) is 17.8. The lowest BCUT2D eigenvalue weighted by atomic mass is 9.93. The van der Waals surface area contributed by atoms with Crippen LogP contribution in [0.1, 0.15) is 52.5 Å². The molecule has 1 aliphatic heterocycles. The number of carbonyl (C=O) groups is 2. The Balaban J connectivity index is 1.61. The Bertz CT molecular complexity index is 1410. The van der Waals surface area contributed by atoms with Gasteiger partial charge in [-0.3, -0.25) is 4.79 Å². The molecule has 2 aromatic carbocycles. The van der Waals surface area contributed by atoms with Crippen molar-refractivity contribution in [2.75, 3.05) is 19.7 Å². The Labute approximate surface area is 227 Å². The van der Waals surface area contributed by atoms with Crippen LogP contribution in [0, 0.1) is 6.92 Å². The molecule has 0 bridgehead atoms. The fraction of sp³-hybridized carbons (Fsp3) is 0.407. The number of benzene rings is 2. The minimum atomic E-state index is -4.47. The molecule has 1 amide bonds. The van der Waals surface area contributed by atoms with Crippen LogP contribution >= 0.6 is 23.2 Å². The van der Waals surface area contributed by atoms with Gasteiger partial charge in [-0.25, -0.2) is 9.18 Å². The van der Waals surface area contributed by atoms with Crippen LogP contribution in [0.15, 0.2) is 30.3 Å². The largest absolute Gasteiger partial charge is 0.464 e. The second-order valence-electron chi connectivity index (χ2n) is 9.46. The van der Waals surface area contributed by atoms with Gasteiger partial charge in [-0.2, -0.15) is 13.2 Å². The number of alkyl halides is 4. The normalized spacial score (nSPS) is 15.7. The molecular weight excluding hydrogens is 547 g/mol. The number of aryl methyl sites for hydroxylation is 2. The van der Waals surface area contributed by atoms with Crippen LogP contribution in [0.4, 0.5) is 17.6 Å². The van der Waals surface area contributed by atoms with Crippen molar-refractivity contribution in [1.82, 2.24) is 9.47 Å². The summed E-state index contributed by atoms with van der Waals surface area (Å²) in [5.74, 6) is -1.35. The van der Waals surface area contributed by atoms with E-state index in [0.717, 1.165) is 12.1 Å². The van der Waals surface area contributed by atoms with Crippen molar-refractivity contribution in [2.45, 2.75) is 45.0 Å². The number of aromatic nitrogens is 1. The van der Waals surface area contributed by atoms with Gasteiger partial charge in [0.1, 0.15) is 0 Å². The van der Waals surface area contributed by atoms with Crippen LogP contribution in [0.5, 0.6) is 0 Å². The van der Waals surface area contributed by atoms with Crippen molar-refractivity contribution in [3.05, 3.63) is 68.3 Å². The van der Waals surface area contributed by atoms with Gasteiger partial charge in [-0.05, 0) is 55.3 Å². The Kier molecular flexibility index (Phi) is 7.74. The minimum Gasteiger partial charge on any atom is -0.464 e. The summed E-state index contributed by atoms with van der Waals surface area (Å²) in [6.07, 6.45) is -4.69. The Hall–Kier alpha value is -2.78. The topological polar surface area (TPSA) is 51.5 Å². The van der Waals surface area contributed by atoms with Crippen LogP contribution < -0.4 is 0 Å². The number of hydrogen-bond donors (Lipinski definition) is 0. The average molecular weight is 573 g/mol. The Morgan fingerprint density at radius 2 is 1.76 bits per heavy atom. The van der Waals surface area contributed by atoms with E-state index in [9.17, 15) is 27.2 Å². The maximum atomic E-state index is 15.0. The Morgan fingerprint density at radius 1 is 1.11 bits per heavy atom. The highest BCUT2D eigenvalue weighted by Crippen LogP contribution is 2.37. The van der Waals surface area contributed by atoms with E-state index in [1.807, 2.05) is 0 Å². The van der Waals surface area contributed by atoms with E-state index in [0.29, 0.717) is 32.7 Å². The molecule has 4 rings (SSSR count). The molecule has 0 spiro atoms. The lowest BCUT2D eigenvalue weighted by Gasteiger charge is -2.35. The number of amides is 1. The van der Waals surface area contributed by atoms with Gasteiger partial charge in [0.2, 0.25) is 5.67 Å². The third-order valence-corrected chi connectivity index (χ3v) is 7.84. The minimum absolute atomic E-state index is 0.00640. The van der Waals surface area contributed by atoms with E-state index in [4.69, 9.17) is 27.9 Å². The van der Waals surface area contributed by atoms with Crippen molar-refractivity contribution in [2.24, 2.45) is 7.05 Å². The molecule has 0 unspecified atom stereocenters. The standard InChI is InChI=1S/C27H26Cl2F4N2O3/c1-4-38-25(37)26(30)7-9-35(10-8-26)24(36)18-5-6-21(28)20(23(18)29)14-17-13-19-15(2)11-16(27(31,32)33)12-22(19)34(17)3/h5-6,11-13H,4,7-10,14H2,1-3H3. The predicted molar refractivity (Wildman–Crippen MR) is 138 cm³/mol. The Morgan fingerprint density at radius 3 is 2.37 bits per heavy atom. The monoisotopic (exact) mass is 572 g/mol. The SMILES string of the molecule is CCOC(=O)C1(F)CCN(C(=O)c2ccc(Cl)c(Cc3cc4c(C)cc(C(F)(F)F)cc4n3C)c2Cl)CC1. The second kappa shape index (κ2) is 10.4. The summed E-state index contributed by atoms with van der Waals surface area (Å²) in [4.78, 5) is 26.7. The molecule has 1 aromatic heterocycles. The molecule has 11 heteroatoms. The highest BCUT2D eigenvalue weighted by molar-refractivity contribution is 6.38. The third-order valence-electron chi connectivity index (χ3n) is 7.05.